The van der Waals surface area contributed by atoms with E-state index in [1.165, 1.54) is 0 Å². The molecule has 0 radical (unpaired) electrons. The fourth-order valence-electron chi connectivity index (χ4n) is 1.65. The van der Waals surface area contributed by atoms with E-state index >= 15 is 0 Å². The van der Waals surface area contributed by atoms with Gasteiger partial charge in [-0.2, -0.15) is 0 Å². The summed E-state index contributed by atoms with van der Waals surface area (Å²) in [7, 11) is 1.95. The van der Waals surface area contributed by atoms with Crippen LogP contribution in [0.5, 0.6) is 0 Å². The Kier molecular flexibility index (Phi) is 3.27. The van der Waals surface area contributed by atoms with Crippen LogP contribution in [0.1, 0.15) is 12.5 Å². The summed E-state index contributed by atoms with van der Waals surface area (Å²) in [5.41, 5.74) is 3.00. The first kappa shape index (κ1) is 11.4. The van der Waals surface area contributed by atoms with Gasteiger partial charge < -0.3 is 14.6 Å². The van der Waals surface area contributed by atoms with Gasteiger partial charge in [-0.25, -0.2) is 9.78 Å². The number of ether oxygens (including phenoxy) is 1. The van der Waals surface area contributed by atoms with Gasteiger partial charge in [-0.05, 0) is 24.6 Å². The third kappa shape index (κ3) is 2.55. The number of rotatable bonds is 3. The molecule has 17 heavy (non-hydrogen) atoms. The Bertz CT molecular complexity index is 534. The van der Waals surface area contributed by atoms with Crippen LogP contribution in [-0.4, -0.2) is 22.3 Å². The highest BCUT2D eigenvalue weighted by atomic mass is 16.5. The Morgan fingerprint density at radius 1 is 1.53 bits per heavy atom. The normalized spacial score (nSPS) is 10.5. The molecule has 1 aromatic carbocycles. The van der Waals surface area contributed by atoms with E-state index in [1.54, 1.807) is 13.3 Å². The van der Waals surface area contributed by atoms with Gasteiger partial charge in [0.1, 0.15) is 0 Å². The maximum Gasteiger partial charge on any atom is 0.407 e. The zero-order valence-corrected chi connectivity index (χ0v) is 9.93. The van der Waals surface area contributed by atoms with Crippen molar-refractivity contribution in [3.63, 3.8) is 0 Å². The van der Waals surface area contributed by atoms with Crippen molar-refractivity contribution < 1.29 is 9.53 Å². The van der Waals surface area contributed by atoms with Gasteiger partial charge in [0, 0.05) is 13.6 Å². The number of hydrogen-bond donors (Lipinski definition) is 1. The average molecular weight is 233 g/mol. The number of aryl methyl sites for hydroxylation is 1. The molecule has 2 rings (SSSR count). The Balaban J connectivity index is 2.07. The molecular weight excluding hydrogens is 218 g/mol. The van der Waals surface area contributed by atoms with Gasteiger partial charge in [0.25, 0.3) is 0 Å². The largest absolute Gasteiger partial charge is 0.450 e. The maximum absolute atomic E-state index is 11.1. The lowest BCUT2D eigenvalue weighted by molar-refractivity contribution is 0.151. The number of fused-ring (bicyclic) bond motifs is 1. The van der Waals surface area contributed by atoms with Crippen LogP contribution in [0.4, 0.5) is 4.79 Å². The first-order chi connectivity index (χ1) is 8.20. The Labute approximate surface area is 99.4 Å². The topological polar surface area (TPSA) is 56.1 Å². The van der Waals surface area contributed by atoms with Crippen LogP contribution in [0.15, 0.2) is 24.5 Å². The molecule has 0 aliphatic carbocycles. The lowest BCUT2D eigenvalue weighted by Crippen LogP contribution is -2.23. The molecule has 0 bridgehead atoms. The van der Waals surface area contributed by atoms with Crippen molar-refractivity contribution in [2.24, 2.45) is 7.05 Å². The van der Waals surface area contributed by atoms with Crippen molar-refractivity contribution in [1.82, 2.24) is 14.9 Å². The van der Waals surface area contributed by atoms with Crippen LogP contribution < -0.4 is 5.32 Å². The fraction of sp³-hybridized carbons (Fsp3) is 0.333. The Morgan fingerprint density at radius 3 is 3.12 bits per heavy atom. The van der Waals surface area contributed by atoms with Crippen molar-refractivity contribution >= 4 is 17.1 Å². The SMILES string of the molecule is CCOC(=O)NCc1ccc2c(c1)ncn2C. The van der Waals surface area contributed by atoms with Crippen LogP contribution in [-0.2, 0) is 18.3 Å². The molecular formula is C12H15N3O2. The van der Waals surface area contributed by atoms with Crippen LogP contribution in [0.3, 0.4) is 0 Å². The Hall–Kier alpha value is -2.04. The van der Waals surface area contributed by atoms with Gasteiger partial charge in [-0.15, -0.1) is 0 Å². The molecule has 1 heterocycles. The number of nitrogens with zero attached hydrogens (tertiary/aromatic N) is 2. The fourth-order valence-corrected chi connectivity index (χ4v) is 1.65. The van der Waals surface area contributed by atoms with Crippen molar-refractivity contribution in [3.05, 3.63) is 30.1 Å². The van der Waals surface area contributed by atoms with E-state index < -0.39 is 6.09 Å². The quantitative estimate of drug-likeness (QED) is 0.879. The summed E-state index contributed by atoms with van der Waals surface area (Å²) in [6.45, 7) is 2.61. The van der Waals surface area contributed by atoms with Crippen LogP contribution in [0, 0.1) is 0 Å². The number of imidazole rings is 1. The number of benzene rings is 1. The number of carbonyl (C=O) groups excluding carboxylic acids is 1. The minimum atomic E-state index is -0.395. The minimum absolute atomic E-state index is 0.380. The van der Waals surface area contributed by atoms with Gasteiger partial charge in [0.2, 0.25) is 0 Å². The predicted molar refractivity (Wildman–Crippen MR) is 64.6 cm³/mol. The van der Waals surface area contributed by atoms with Crippen LogP contribution in [0.25, 0.3) is 11.0 Å². The molecule has 1 N–H and O–H groups in total. The molecule has 90 valence electrons. The van der Waals surface area contributed by atoms with Gasteiger partial charge in [-0.1, -0.05) is 6.07 Å². The van der Waals surface area contributed by atoms with E-state index in [9.17, 15) is 4.79 Å². The molecule has 0 spiro atoms. The number of nitrogens with one attached hydrogen (secondary N) is 1. The summed E-state index contributed by atoms with van der Waals surface area (Å²) in [4.78, 5) is 15.4. The van der Waals surface area contributed by atoms with Gasteiger partial charge in [0.15, 0.2) is 0 Å². The van der Waals surface area contributed by atoms with E-state index in [4.69, 9.17) is 4.74 Å². The van der Waals surface area contributed by atoms with Gasteiger partial charge in [0.05, 0.1) is 24.0 Å². The van der Waals surface area contributed by atoms with Crippen molar-refractivity contribution in [3.8, 4) is 0 Å². The third-order valence-electron chi connectivity index (χ3n) is 2.50. The number of carbonyl (C=O) groups is 1. The highest BCUT2D eigenvalue weighted by Crippen LogP contribution is 2.13. The summed E-state index contributed by atoms with van der Waals surface area (Å²) in [6.07, 6.45) is 1.38. The maximum atomic E-state index is 11.1. The molecule has 1 amide bonds. The summed E-state index contributed by atoms with van der Waals surface area (Å²) < 4.78 is 6.74. The first-order valence-corrected chi connectivity index (χ1v) is 5.51. The van der Waals surface area contributed by atoms with Crippen molar-refractivity contribution in [2.45, 2.75) is 13.5 Å². The lowest BCUT2D eigenvalue weighted by Gasteiger charge is -2.05. The first-order valence-electron chi connectivity index (χ1n) is 5.51. The standard InChI is InChI=1S/C12H15N3O2/c1-3-17-12(16)13-7-9-4-5-11-10(6-9)14-8-15(11)2/h4-6,8H,3,7H2,1-2H3,(H,13,16). The minimum Gasteiger partial charge on any atom is -0.450 e. The third-order valence-corrected chi connectivity index (χ3v) is 2.50. The zero-order chi connectivity index (χ0) is 12.3. The molecule has 0 saturated carbocycles. The summed E-state index contributed by atoms with van der Waals surface area (Å²) >= 11 is 0. The molecule has 0 saturated heterocycles. The van der Waals surface area contributed by atoms with E-state index in [0.717, 1.165) is 16.6 Å². The molecule has 0 unspecified atom stereocenters. The van der Waals surface area contributed by atoms with Gasteiger partial charge >= 0.3 is 6.09 Å². The second kappa shape index (κ2) is 4.86. The zero-order valence-electron chi connectivity index (χ0n) is 9.93. The summed E-state index contributed by atoms with van der Waals surface area (Å²) in [5, 5.41) is 2.68. The molecule has 5 nitrogen and oxygen atoms in total. The molecule has 0 atom stereocenters. The highest BCUT2D eigenvalue weighted by molar-refractivity contribution is 5.76. The van der Waals surface area contributed by atoms with Crippen molar-refractivity contribution in [1.29, 1.82) is 0 Å². The molecule has 0 fully saturated rings. The molecule has 5 heteroatoms. The number of alkyl carbamates (subject to hydrolysis) is 1. The van der Waals surface area contributed by atoms with E-state index in [-0.39, 0.29) is 0 Å². The lowest BCUT2D eigenvalue weighted by atomic mass is 10.2. The summed E-state index contributed by atoms with van der Waals surface area (Å²) in [6, 6.07) is 5.92. The van der Waals surface area contributed by atoms with Crippen LogP contribution in [0.2, 0.25) is 0 Å². The predicted octanol–water partition coefficient (Wildman–Crippen LogP) is 1.82. The number of hydrogen-bond acceptors (Lipinski definition) is 3. The second-order valence-corrected chi connectivity index (χ2v) is 3.75. The Morgan fingerprint density at radius 2 is 2.35 bits per heavy atom. The monoisotopic (exact) mass is 233 g/mol. The average Bonchev–Trinajstić information content (AvgIpc) is 2.69. The number of amides is 1. The molecule has 0 aliphatic rings. The van der Waals surface area contributed by atoms with Crippen LogP contribution >= 0.6 is 0 Å². The van der Waals surface area contributed by atoms with Crippen molar-refractivity contribution in [2.75, 3.05) is 6.61 Å². The van der Waals surface area contributed by atoms with E-state index in [2.05, 4.69) is 10.3 Å². The van der Waals surface area contributed by atoms with E-state index in [1.807, 2.05) is 29.8 Å². The summed E-state index contributed by atoms with van der Waals surface area (Å²) in [5.74, 6) is 0. The molecule has 2 aromatic rings. The van der Waals surface area contributed by atoms with Gasteiger partial charge in [-0.3, -0.25) is 0 Å². The number of aromatic nitrogens is 2. The molecule has 1 aromatic heterocycles. The highest BCUT2D eigenvalue weighted by Gasteiger charge is 2.03. The van der Waals surface area contributed by atoms with E-state index in [0.29, 0.717) is 13.2 Å². The molecule has 0 aliphatic heterocycles. The smallest absolute Gasteiger partial charge is 0.407 e. The second-order valence-electron chi connectivity index (χ2n) is 3.75.